The lowest BCUT2D eigenvalue weighted by Gasteiger charge is -2.03. The SMILES string of the molecule is OCc1cc(Br)c(F)c(Cl)c1F. The number of halogens is 4. The third kappa shape index (κ3) is 1.60. The Kier molecular flexibility index (Phi) is 3.04. The predicted octanol–water partition coefficient (Wildman–Crippen LogP) is 2.87. The average molecular weight is 257 g/mol. The van der Waals surface area contributed by atoms with E-state index in [0.29, 0.717) is 0 Å². The van der Waals surface area contributed by atoms with Crippen LogP contribution in [0, 0.1) is 11.6 Å². The quantitative estimate of drug-likeness (QED) is 0.606. The normalized spacial score (nSPS) is 10.4. The highest BCUT2D eigenvalue weighted by Gasteiger charge is 2.14. The monoisotopic (exact) mass is 256 g/mol. The molecule has 5 heteroatoms. The standard InChI is InChI=1S/C7H4BrClF2O/c8-4-1-3(2-12)6(10)5(9)7(4)11/h1,12H,2H2. The molecule has 0 saturated heterocycles. The first-order valence-electron chi connectivity index (χ1n) is 3.00. The minimum Gasteiger partial charge on any atom is -0.392 e. The second kappa shape index (κ2) is 3.68. The van der Waals surface area contributed by atoms with E-state index < -0.39 is 23.3 Å². The van der Waals surface area contributed by atoms with Gasteiger partial charge in [-0.2, -0.15) is 0 Å². The molecule has 0 aliphatic carbocycles. The first-order chi connectivity index (χ1) is 5.57. The number of benzene rings is 1. The van der Waals surface area contributed by atoms with Crippen LogP contribution in [-0.2, 0) is 6.61 Å². The molecule has 0 heterocycles. The van der Waals surface area contributed by atoms with Crippen LogP contribution in [0.5, 0.6) is 0 Å². The zero-order valence-electron chi connectivity index (χ0n) is 5.74. The number of hydrogen-bond donors (Lipinski definition) is 1. The third-order valence-electron chi connectivity index (χ3n) is 1.35. The van der Waals surface area contributed by atoms with Crippen molar-refractivity contribution in [2.45, 2.75) is 6.61 Å². The van der Waals surface area contributed by atoms with Gasteiger partial charge in [0, 0.05) is 5.56 Å². The van der Waals surface area contributed by atoms with Crippen molar-refractivity contribution in [3.05, 3.63) is 32.8 Å². The van der Waals surface area contributed by atoms with Crippen molar-refractivity contribution >= 4 is 27.5 Å². The lowest BCUT2D eigenvalue weighted by Crippen LogP contribution is -1.94. The number of aliphatic hydroxyl groups is 1. The Morgan fingerprint density at radius 2 is 2.00 bits per heavy atom. The van der Waals surface area contributed by atoms with Crippen molar-refractivity contribution in [2.24, 2.45) is 0 Å². The van der Waals surface area contributed by atoms with Gasteiger partial charge in [-0.15, -0.1) is 0 Å². The summed E-state index contributed by atoms with van der Waals surface area (Å²) in [5, 5.41) is 8.01. The summed E-state index contributed by atoms with van der Waals surface area (Å²) >= 11 is 8.11. The summed E-state index contributed by atoms with van der Waals surface area (Å²) in [6.07, 6.45) is 0. The summed E-state index contributed by atoms with van der Waals surface area (Å²) in [5.41, 5.74) is -0.0340. The molecule has 0 radical (unpaired) electrons. The van der Waals surface area contributed by atoms with Gasteiger partial charge in [-0.05, 0) is 22.0 Å². The third-order valence-corrected chi connectivity index (χ3v) is 2.26. The van der Waals surface area contributed by atoms with Crippen molar-refractivity contribution in [2.75, 3.05) is 0 Å². The van der Waals surface area contributed by atoms with Crippen LogP contribution in [0.25, 0.3) is 0 Å². The van der Waals surface area contributed by atoms with E-state index in [2.05, 4.69) is 15.9 Å². The van der Waals surface area contributed by atoms with E-state index in [9.17, 15) is 8.78 Å². The summed E-state index contributed by atoms with van der Waals surface area (Å²) in [7, 11) is 0. The summed E-state index contributed by atoms with van der Waals surface area (Å²) < 4.78 is 25.7. The molecule has 1 rings (SSSR count). The Balaban J connectivity index is 3.39. The van der Waals surface area contributed by atoms with Crippen molar-refractivity contribution in [3.8, 4) is 0 Å². The highest BCUT2D eigenvalue weighted by Crippen LogP contribution is 2.28. The summed E-state index contributed by atoms with van der Waals surface area (Å²) in [5.74, 6) is -1.77. The first-order valence-corrected chi connectivity index (χ1v) is 4.17. The van der Waals surface area contributed by atoms with Crippen LogP contribution in [-0.4, -0.2) is 5.11 Å². The molecular formula is C7H4BrClF2O. The summed E-state index contributed by atoms with van der Waals surface area (Å²) in [6, 6.07) is 1.15. The molecule has 1 aromatic carbocycles. The van der Waals surface area contributed by atoms with E-state index >= 15 is 0 Å². The summed E-state index contributed by atoms with van der Waals surface area (Å²) in [6.45, 7) is -0.509. The maximum absolute atomic E-state index is 12.9. The molecule has 0 amide bonds. The fourth-order valence-corrected chi connectivity index (χ4v) is 1.55. The van der Waals surface area contributed by atoms with Gasteiger partial charge in [0.05, 0.1) is 11.1 Å². The van der Waals surface area contributed by atoms with Gasteiger partial charge < -0.3 is 5.11 Å². The van der Waals surface area contributed by atoms with E-state index in [4.69, 9.17) is 16.7 Å². The first kappa shape index (κ1) is 9.89. The fourth-order valence-electron chi connectivity index (χ4n) is 0.737. The van der Waals surface area contributed by atoms with Crippen LogP contribution in [0.4, 0.5) is 8.78 Å². The van der Waals surface area contributed by atoms with Crippen LogP contribution >= 0.6 is 27.5 Å². The topological polar surface area (TPSA) is 20.2 Å². The molecule has 0 aliphatic rings. The van der Waals surface area contributed by atoms with Crippen LogP contribution in [0.15, 0.2) is 10.5 Å². The van der Waals surface area contributed by atoms with Gasteiger partial charge in [0.2, 0.25) is 0 Å². The van der Waals surface area contributed by atoms with Crippen molar-refractivity contribution in [1.82, 2.24) is 0 Å². The van der Waals surface area contributed by atoms with Gasteiger partial charge in [-0.25, -0.2) is 8.78 Å². The predicted molar refractivity (Wildman–Crippen MR) is 45.0 cm³/mol. The molecule has 0 fully saturated rings. The highest BCUT2D eigenvalue weighted by atomic mass is 79.9. The van der Waals surface area contributed by atoms with Crippen LogP contribution in [0.3, 0.4) is 0 Å². The molecule has 1 nitrogen and oxygen atoms in total. The zero-order valence-corrected chi connectivity index (χ0v) is 8.09. The van der Waals surface area contributed by atoms with Crippen LogP contribution < -0.4 is 0 Å². The van der Waals surface area contributed by atoms with Gasteiger partial charge in [0.25, 0.3) is 0 Å². The van der Waals surface area contributed by atoms with Crippen molar-refractivity contribution in [1.29, 1.82) is 0 Å². The van der Waals surface area contributed by atoms with Crippen LogP contribution in [0.1, 0.15) is 5.56 Å². The molecule has 0 bridgehead atoms. The molecule has 0 unspecified atom stereocenters. The van der Waals surface area contributed by atoms with Crippen molar-refractivity contribution < 1.29 is 13.9 Å². The minimum absolute atomic E-state index is 0.0340. The zero-order chi connectivity index (χ0) is 9.30. The van der Waals surface area contributed by atoms with Gasteiger partial charge in [-0.1, -0.05) is 11.6 Å². The molecule has 1 N–H and O–H groups in total. The average Bonchev–Trinajstić information content (AvgIpc) is 2.08. The number of hydrogen-bond acceptors (Lipinski definition) is 1. The Morgan fingerprint density at radius 1 is 1.42 bits per heavy atom. The van der Waals surface area contributed by atoms with Gasteiger partial charge in [0.1, 0.15) is 10.8 Å². The Labute approximate surface area is 81.1 Å². The molecule has 66 valence electrons. The van der Waals surface area contributed by atoms with E-state index in [1.165, 1.54) is 0 Å². The fraction of sp³-hybridized carbons (Fsp3) is 0.143. The maximum Gasteiger partial charge on any atom is 0.158 e. The van der Waals surface area contributed by atoms with E-state index in [-0.39, 0.29) is 10.0 Å². The maximum atomic E-state index is 12.9. The lowest BCUT2D eigenvalue weighted by molar-refractivity contribution is 0.275. The Bertz CT molecular complexity index is 317. The largest absolute Gasteiger partial charge is 0.392 e. The lowest BCUT2D eigenvalue weighted by atomic mass is 10.2. The number of rotatable bonds is 1. The minimum atomic E-state index is -0.917. The van der Waals surface area contributed by atoms with Crippen LogP contribution in [0.2, 0.25) is 5.02 Å². The van der Waals surface area contributed by atoms with Crippen molar-refractivity contribution in [3.63, 3.8) is 0 Å². The Hall–Kier alpha value is -0.190. The summed E-state index contributed by atoms with van der Waals surface area (Å²) in [4.78, 5) is 0. The second-order valence-electron chi connectivity index (χ2n) is 2.12. The number of aliphatic hydroxyl groups excluding tert-OH is 1. The van der Waals surface area contributed by atoms with Gasteiger partial charge >= 0.3 is 0 Å². The highest BCUT2D eigenvalue weighted by molar-refractivity contribution is 9.10. The molecule has 12 heavy (non-hydrogen) atoms. The molecule has 0 spiro atoms. The van der Waals surface area contributed by atoms with E-state index in [1.54, 1.807) is 0 Å². The second-order valence-corrected chi connectivity index (χ2v) is 3.35. The Morgan fingerprint density at radius 3 is 2.50 bits per heavy atom. The van der Waals surface area contributed by atoms with E-state index in [1.807, 2.05) is 0 Å². The van der Waals surface area contributed by atoms with Gasteiger partial charge in [0.15, 0.2) is 5.82 Å². The molecule has 0 aromatic heterocycles. The molecule has 1 aromatic rings. The molecule has 0 saturated carbocycles. The van der Waals surface area contributed by atoms with E-state index in [0.717, 1.165) is 6.07 Å². The molecule has 0 aliphatic heterocycles. The molecule has 0 atom stereocenters. The smallest absolute Gasteiger partial charge is 0.158 e. The molecular weight excluding hydrogens is 253 g/mol. The van der Waals surface area contributed by atoms with Gasteiger partial charge in [-0.3, -0.25) is 0 Å².